The second-order valence-corrected chi connectivity index (χ2v) is 11.7. The van der Waals surface area contributed by atoms with Crippen LogP contribution in [-0.2, 0) is 34.5 Å². The van der Waals surface area contributed by atoms with Gasteiger partial charge in [-0.05, 0) is 60.7 Å². The molecule has 3 aromatic rings. The molecule has 0 bridgehead atoms. The van der Waals surface area contributed by atoms with E-state index in [2.05, 4.69) is 0 Å². The first-order valence-corrected chi connectivity index (χ1v) is 15.6. The van der Waals surface area contributed by atoms with E-state index in [4.69, 9.17) is 47.4 Å². The van der Waals surface area contributed by atoms with Crippen LogP contribution in [0.1, 0.15) is 18.8 Å². The number of benzene rings is 3. The minimum atomic E-state index is -1.40. The van der Waals surface area contributed by atoms with E-state index in [0.29, 0.717) is 28.8 Å². The molecule has 2 saturated heterocycles. The molecule has 3 aromatic carbocycles. The number of hydrogen-bond acceptors (Lipinski definition) is 11. The van der Waals surface area contributed by atoms with Gasteiger partial charge in [0, 0.05) is 11.3 Å². The summed E-state index contributed by atoms with van der Waals surface area (Å²) in [5, 5.41) is 0. The summed E-state index contributed by atoms with van der Waals surface area (Å²) in [4.78, 5) is 0. The molecular formula is C32H38O11S. The molecule has 0 amide bonds. The summed E-state index contributed by atoms with van der Waals surface area (Å²) in [7, 11) is 3.40. The smallest absolute Gasteiger partial charge is 0.189 e. The van der Waals surface area contributed by atoms with E-state index in [1.807, 2.05) is 31.2 Å². The molecule has 0 spiro atoms. The summed E-state index contributed by atoms with van der Waals surface area (Å²) in [5.74, 6) is 3.66. The van der Waals surface area contributed by atoms with E-state index in [0.717, 1.165) is 11.3 Å². The largest absolute Gasteiger partial charge is 0.497 e. The minimum absolute atomic E-state index is 0.123. The molecule has 2 heterocycles. The Morgan fingerprint density at radius 3 is 1.66 bits per heavy atom. The van der Waals surface area contributed by atoms with Gasteiger partial charge in [0.2, 0.25) is 0 Å². The van der Waals surface area contributed by atoms with Gasteiger partial charge in [0.25, 0.3) is 0 Å². The second kappa shape index (κ2) is 15.6. The molecule has 0 saturated carbocycles. The molecule has 238 valence electrons. The van der Waals surface area contributed by atoms with Crippen molar-refractivity contribution in [2.24, 2.45) is 0 Å². The zero-order chi connectivity index (χ0) is 30.9. The number of rotatable bonds is 14. The Morgan fingerprint density at radius 2 is 1.16 bits per heavy atom. The van der Waals surface area contributed by atoms with E-state index >= 15 is 0 Å². The fourth-order valence-corrected chi connectivity index (χ4v) is 6.05. The van der Waals surface area contributed by atoms with Crippen LogP contribution in [0.25, 0.3) is 0 Å². The number of fused-ring (bicyclic) bond motifs is 1. The number of methoxy groups -OCH3 is 3. The van der Waals surface area contributed by atoms with Crippen LogP contribution in [0.3, 0.4) is 0 Å². The van der Waals surface area contributed by atoms with Crippen molar-refractivity contribution >= 4 is 10.8 Å². The zero-order valence-electron chi connectivity index (χ0n) is 25.1. The van der Waals surface area contributed by atoms with Gasteiger partial charge in [0.15, 0.2) is 25.3 Å². The highest BCUT2D eigenvalue weighted by Gasteiger charge is 2.53. The van der Waals surface area contributed by atoms with Crippen molar-refractivity contribution in [3.8, 4) is 28.7 Å². The second-order valence-electron chi connectivity index (χ2n) is 9.89. The fraction of sp³-hybridized carbons (Fsp3) is 0.438. The molecule has 0 N–H and O–H groups in total. The maximum atomic E-state index is 13.3. The predicted octanol–water partition coefficient (Wildman–Crippen LogP) is 4.46. The van der Waals surface area contributed by atoms with E-state index in [1.54, 1.807) is 69.9 Å². The standard InChI is InChI=1S/C32H38O11S/c1-5-44(33)32-30(41-20-39-26-16-12-24(36-4)13-17-26)29(40-19-38-25-14-10-23(35-3)11-15-25)28-27(42-32)18-37-31(43-28)21-6-8-22(34-2)9-7-21/h6-17,27-32H,5,18-20H2,1-4H3/t27-,28+,29?,30?,31?,32+,44?/m1/s1. The average molecular weight is 631 g/mol. The molecule has 0 radical (unpaired) electrons. The third-order valence-corrected chi connectivity index (χ3v) is 8.77. The van der Waals surface area contributed by atoms with Crippen LogP contribution in [-0.4, -0.2) is 81.3 Å². The Bertz CT molecular complexity index is 1320. The molecule has 2 aliphatic heterocycles. The lowest BCUT2D eigenvalue weighted by atomic mass is 9.98. The first-order valence-electron chi connectivity index (χ1n) is 14.2. The Labute approximate surface area is 259 Å². The van der Waals surface area contributed by atoms with Gasteiger partial charge in [0.05, 0.1) is 38.7 Å². The van der Waals surface area contributed by atoms with Gasteiger partial charge in [-0.3, -0.25) is 4.21 Å². The monoisotopic (exact) mass is 630 g/mol. The van der Waals surface area contributed by atoms with Crippen LogP contribution in [0.4, 0.5) is 0 Å². The molecule has 5 rings (SSSR count). The number of hydrogen-bond donors (Lipinski definition) is 0. The maximum Gasteiger partial charge on any atom is 0.189 e. The average Bonchev–Trinajstić information content (AvgIpc) is 3.08. The van der Waals surface area contributed by atoms with Crippen molar-refractivity contribution in [1.82, 2.24) is 0 Å². The summed E-state index contributed by atoms with van der Waals surface area (Å²) in [6, 6.07) is 21.7. The van der Waals surface area contributed by atoms with Gasteiger partial charge in [-0.25, -0.2) is 0 Å². The molecular weight excluding hydrogens is 592 g/mol. The van der Waals surface area contributed by atoms with Crippen molar-refractivity contribution in [3.63, 3.8) is 0 Å². The van der Waals surface area contributed by atoms with E-state index in [-0.39, 0.29) is 20.2 Å². The molecule has 12 heteroatoms. The van der Waals surface area contributed by atoms with Crippen LogP contribution < -0.4 is 23.7 Å². The van der Waals surface area contributed by atoms with Crippen molar-refractivity contribution in [3.05, 3.63) is 78.4 Å². The van der Waals surface area contributed by atoms with Crippen molar-refractivity contribution in [1.29, 1.82) is 0 Å². The van der Waals surface area contributed by atoms with Crippen LogP contribution in [0.5, 0.6) is 28.7 Å². The quantitative estimate of drug-likeness (QED) is 0.236. The lowest BCUT2D eigenvalue weighted by Crippen LogP contribution is -2.64. The third-order valence-electron chi connectivity index (χ3n) is 7.31. The minimum Gasteiger partial charge on any atom is -0.497 e. The first kappa shape index (κ1) is 32.0. The third kappa shape index (κ3) is 7.81. The van der Waals surface area contributed by atoms with Crippen molar-refractivity contribution in [2.75, 3.05) is 47.3 Å². The molecule has 0 aliphatic carbocycles. The Kier molecular flexibility index (Phi) is 11.3. The van der Waals surface area contributed by atoms with Crippen LogP contribution in [0, 0.1) is 0 Å². The highest BCUT2D eigenvalue weighted by molar-refractivity contribution is 7.85. The van der Waals surface area contributed by atoms with Gasteiger partial charge in [-0.2, -0.15) is 0 Å². The highest BCUT2D eigenvalue weighted by atomic mass is 32.2. The van der Waals surface area contributed by atoms with Crippen molar-refractivity contribution in [2.45, 2.75) is 43.1 Å². The normalized spacial score (nSPS) is 25.4. The number of ether oxygens (including phenoxy) is 10. The molecule has 2 fully saturated rings. The maximum absolute atomic E-state index is 13.3. The van der Waals surface area contributed by atoms with Crippen LogP contribution in [0.2, 0.25) is 0 Å². The summed E-state index contributed by atoms with van der Waals surface area (Å²) >= 11 is 0. The molecule has 44 heavy (non-hydrogen) atoms. The highest BCUT2D eigenvalue weighted by Crippen LogP contribution is 2.38. The molecule has 7 atom stereocenters. The molecule has 2 aliphatic rings. The SMILES string of the molecule is CCS(=O)[C@@H]1O[C@@H]2COC(c3ccc(OC)cc3)O[C@@H]2C(OCOc2ccc(OC)cc2)C1OCOc1ccc(OC)cc1. The van der Waals surface area contributed by atoms with Crippen LogP contribution >= 0.6 is 0 Å². The van der Waals surface area contributed by atoms with E-state index in [9.17, 15) is 4.21 Å². The van der Waals surface area contributed by atoms with Gasteiger partial charge in [-0.1, -0.05) is 19.1 Å². The summed E-state index contributed by atoms with van der Waals surface area (Å²) in [6.07, 6.45) is -3.44. The molecule has 0 aromatic heterocycles. The van der Waals surface area contributed by atoms with Gasteiger partial charge < -0.3 is 47.4 Å². The Balaban J connectivity index is 1.36. The summed E-state index contributed by atoms with van der Waals surface area (Å²) < 4.78 is 72.2. The topological polar surface area (TPSA) is 109 Å². The lowest BCUT2D eigenvalue weighted by molar-refractivity contribution is -0.334. The van der Waals surface area contributed by atoms with Crippen LogP contribution in [0.15, 0.2) is 72.8 Å². The van der Waals surface area contributed by atoms with E-state index in [1.165, 1.54) is 0 Å². The van der Waals surface area contributed by atoms with Crippen molar-refractivity contribution < 1.29 is 51.6 Å². The Morgan fingerprint density at radius 1 is 0.682 bits per heavy atom. The van der Waals surface area contributed by atoms with Gasteiger partial charge in [0.1, 0.15) is 53.2 Å². The summed E-state index contributed by atoms with van der Waals surface area (Å²) in [6.45, 7) is 1.76. The zero-order valence-corrected chi connectivity index (χ0v) is 25.9. The lowest BCUT2D eigenvalue weighted by Gasteiger charge is -2.48. The fourth-order valence-electron chi connectivity index (χ4n) is 4.92. The predicted molar refractivity (Wildman–Crippen MR) is 161 cm³/mol. The van der Waals surface area contributed by atoms with E-state index < -0.39 is 46.9 Å². The van der Waals surface area contributed by atoms with Gasteiger partial charge in [-0.15, -0.1) is 0 Å². The summed E-state index contributed by atoms with van der Waals surface area (Å²) in [5.41, 5.74) is -0.0199. The molecule has 11 nitrogen and oxygen atoms in total. The van der Waals surface area contributed by atoms with Gasteiger partial charge >= 0.3 is 0 Å². The first-order chi connectivity index (χ1) is 21.5. The molecule has 4 unspecified atom stereocenters. The Hall–Kier alpha value is -3.39.